The standard InChI is InChI=1S/C13H22N4O2/c1-9-8-15-13(19-9)10(2)16-12(18)11(3)17-6-4-14-5-7-17/h8,10-11,14H,4-7H2,1-3H3,(H,16,18). The Morgan fingerprint density at radius 1 is 1.47 bits per heavy atom. The molecule has 106 valence electrons. The number of hydrogen-bond acceptors (Lipinski definition) is 5. The normalized spacial score (nSPS) is 19.9. The van der Waals surface area contributed by atoms with Crippen molar-refractivity contribution < 1.29 is 9.21 Å². The Hall–Kier alpha value is -1.40. The molecule has 6 nitrogen and oxygen atoms in total. The number of hydrogen-bond donors (Lipinski definition) is 2. The second-order valence-electron chi connectivity index (χ2n) is 5.00. The molecule has 1 amide bonds. The Kier molecular flexibility index (Phi) is 4.55. The Labute approximate surface area is 113 Å². The molecule has 0 spiro atoms. The van der Waals surface area contributed by atoms with Crippen LogP contribution in [0.3, 0.4) is 0 Å². The average Bonchev–Trinajstić information content (AvgIpc) is 2.85. The Bertz CT molecular complexity index is 426. The summed E-state index contributed by atoms with van der Waals surface area (Å²) in [5, 5.41) is 6.23. The Balaban J connectivity index is 1.89. The van der Waals surface area contributed by atoms with Crippen LogP contribution >= 0.6 is 0 Å². The number of aryl methyl sites for hydroxylation is 1. The van der Waals surface area contributed by atoms with Crippen LogP contribution in [0.5, 0.6) is 0 Å². The third-order valence-electron chi connectivity index (χ3n) is 3.45. The fourth-order valence-electron chi connectivity index (χ4n) is 2.20. The number of nitrogens with zero attached hydrogens (tertiary/aromatic N) is 2. The van der Waals surface area contributed by atoms with E-state index in [9.17, 15) is 4.79 Å². The molecule has 2 N–H and O–H groups in total. The maximum Gasteiger partial charge on any atom is 0.237 e. The number of rotatable bonds is 4. The Morgan fingerprint density at radius 3 is 2.74 bits per heavy atom. The molecule has 19 heavy (non-hydrogen) atoms. The smallest absolute Gasteiger partial charge is 0.237 e. The number of carbonyl (C=O) groups excluding carboxylic acids is 1. The van der Waals surface area contributed by atoms with Crippen molar-refractivity contribution >= 4 is 5.91 Å². The summed E-state index contributed by atoms with van der Waals surface area (Å²) in [5.74, 6) is 1.33. The number of piperazine rings is 1. The highest BCUT2D eigenvalue weighted by Gasteiger charge is 2.24. The molecule has 1 aliphatic heterocycles. The fourth-order valence-corrected chi connectivity index (χ4v) is 2.20. The fraction of sp³-hybridized carbons (Fsp3) is 0.692. The highest BCUT2D eigenvalue weighted by molar-refractivity contribution is 5.81. The van der Waals surface area contributed by atoms with Gasteiger partial charge in [0.25, 0.3) is 0 Å². The van der Waals surface area contributed by atoms with Gasteiger partial charge in [0.1, 0.15) is 11.8 Å². The van der Waals surface area contributed by atoms with Gasteiger partial charge in [0.2, 0.25) is 11.8 Å². The van der Waals surface area contributed by atoms with Crippen LogP contribution in [0.25, 0.3) is 0 Å². The van der Waals surface area contributed by atoms with Crippen LogP contribution in [0.1, 0.15) is 31.5 Å². The van der Waals surface area contributed by atoms with E-state index in [1.54, 1.807) is 6.20 Å². The van der Waals surface area contributed by atoms with Crippen LogP contribution in [-0.4, -0.2) is 48.0 Å². The van der Waals surface area contributed by atoms with Crippen LogP contribution in [0.4, 0.5) is 0 Å². The van der Waals surface area contributed by atoms with E-state index in [2.05, 4.69) is 20.5 Å². The molecule has 0 radical (unpaired) electrons. The van der Waals surface area contributed by atoms with Crippen molar-refractivity contribution in [3.63, 3.8) is 0 Å². The van der Waals surface area contributed by atoms with E-state index >= 15 is 0 Å². The van der Waals surface area contributed by atoms with E-state index in [0.717, 1.165) is 31.9 Å². The molecule has 6 heteroatoms. The van der Waals surface area contributed by atoms with Crippen LogP contribution in [0, 0.1) is 6.92 Å². The van der Waals surface area contributed by atoms with Crippen LogP contribution < -0.4 is 10.6 Å². The predicted octanol–water partition coefficient (Wildman–Crippen LogP) is 0.454. The SMILES string of the molecule is Cc1cnc(C(C)NC(=O)C(C)N2CCNCC2)o1. The van der Waals surface area contributed by atoms with Crippen LogP contribution in [-0.2, 0) is 4.79 Å². The van der Waals surface area contributed by atoms with E-state index < -0.39 is 0 Å². The van der Waals surface area contributed by atoms with E-state index in [1.165, 1.54) is 0 Å². The average molecular weight is 266 g/mol. The first kappa shape index (κ1) is 14.0. The van der Waals surface area contributed by atoms with E-state index in [0.29, 0.717) is 5.89 Å². The number of oxazole rings is 1. The molecule has 2 unspecified atom stereocenters. The van der Waals surface area contributed by atoms with Crippen LogP contribution in [0.2, 0.25) is 0 Å². The maximum absolute atomic E-state index is 12.2. The zero-order valence-electron chi connectivity index (χ0n) is 11.8. The van der Waals surface area contributed by atoms with Crippen molar-refractivity contribution in [3.8, 4) is 0 Å². The van der Waals surface area contributed by atoms with E-state index in [4.69, 9.17) is 4.42 Å². The van der Waals surface area contributed by atoms with Crippen molar-refractivity contribution in [1.29, 1.82) is 0 Å². The molecule has 1 aromatic heterocycles. The molecule has 0 aromatic carbocycles. The first-order valence-electron chi connectivity index (χ1n) is 6.75. The second-order valence-corrected chi connectivity index (χ2v) is 5.00. The van der Waals surface area contributed by atoms with Crippen LogP contribution in [0.15, 0.2) is 10.6 Å². The monoisotopic (exact) mass is 266 g/mol. The number of amides is 1. The molecule has 2 rings (SSSR count). The molecule has 0 saturated carbocycles. The van der Waals surface area contributed by atoms with Gasteiger partial charge in [-0.15, -0.1) is 0 Å². The van der Waals surface area contributed by atoms with Gasteiger partial charge in [-0.25, -0.2) is 4.98 Å². The predicted molar refractivity (Wildman–Crippen MR) is 71.7 cm³/mol. The van der Waals surface area contributed by atoms with E-state index in [1.807, 2.05) is 20.8 Å². The van der Waals surface area contributed by atoms with Gasteiger partial charge in [0.15, 0.2) is 0 Å². The van der Waals surface area contributed by atoms with E-state index in [-0.39, 0.29) is 18.0 Å². The summed E-state index contributed by atoms with van der Waals surface area (Å²) in [5.41, 5.74) is 0. The van der Waals surface area contributed by atoms with Gasteiger partial charge < -0.3 is 15.1 Å². The van der Waals surface area contributed by atoms with Gasteiger partial charge in [-0.3, -0.25) is 9.69 Å². The Morgan fingerprint density at radius 2 is 2.16 bits per heavy atom. The first-order valence-corrected chi connectivity index (χ1v) is 6.75. The first-order chi connectivity index (χ1) is 9.08. The molecule has 1 aliphatic rings. The molecule has 1 saturated heterocycles. The molecule has 1 aromatic rings. The molecule has 1 fully saturated rings. The quantitative estimate of drug-likeness (QED) is 0.828. The number of nitrogens with one attached hydrogen (secondary N) is 2. The van der Waals surface area contributed by atoms with Gasteiger partial charge in [-0.2, -0.15) is 0 Å². The molecular formula is C13H22N4O2. The lowest BCUT2D eigenvalue weighted by Gasteiger charge is -2.32. The largest absolute Gasteiger partial charge is 0.444 e. The molecular weight excluding hydrogens is 244 g/mol. The topological polar surface area (TPSA) is 70.4 Å². The lowest BCUT2D eigenvalue weighted by molar-refractivity contribution is -0.126. The van der Waals surface area contributed by atoms with Crippen molar-refractivity contribution in [2.24, 2.45) is 0 Å². The van der Waals surface area contributed by atoms with Gasteiger partial charge in [0, 0.05) is 26.2 Å². The van der Waals surface area contributed by atoms with Crippen molar-refractivity contribution in [3.05, 3.63) is 17.8 Å². The second kappa shape index (κ2) is 6.16. The van der Waals surface area contributed by atoms with Gasteiger partial charge in [-0.1, -0.05) is 0 Å². The minimum absolute atomic E-state index is 0.0188. The zero-order valence-corrected chi connectivity index (χ0v) is 11.8. The highest BCUT2D eigenvalue weighted by Crippen LogP contribution is 2.12. The lowest BCUT2D eigenvalue weighted by Crippen LogP contribution is -2.52. The third-order valence-corrected chi connectivity index (χ3v) is 3.45. The highest BCUT2D eigenvalue weighted by atomic mass is 16.4. The zero-order chi connectivity index (χ0) is 13.8. The van der Waals surface area contributed by atoms with Gasteiger partial charge in [-0.05, 0) is 20.8 Å². The van der Waals surface area contributed by atoms with Crippen molar-refractivity contribution in [2.45, 2.75) is 32.9 Å². The molecule has 2 atom stereocenters. The summed E-state index contributed by atoms with van der Waals surface area (Å²) in [7, 11) is 0. The van der Waals surface area contributed by atoms with Gasteiger partial charge in [0.05, 0.1) is 12.2 Å². The number of carbonyl (C=O) groups is 1. The van der Waals surface area contributed by atoms with Gasteiger partial charge >= 0.3 is 0 Å². The molecule has 0 bridgehead atoms. The third kappa shape index (κ3) is 3.54. The lowest BCUT2D eigenvalue weighted by atomic mass is 10.2. The minimum atomic E-state index is -0.202. The summed E-state index contributed by atoms with van der Waals surface area (Å²) in [6.07, 6.45) is 1.66. The number of aromatic nitrogens is 1. The molecule has 2 heterocycles. The minimum Gasteiger partial charge on any atom is -0.444 e. The van der Waals surface area contributed by atoms with Crippen molar-refractivity contribution in [2.75, 3.05) is 26.2 Å². The summed E-state index contributed by atoms with van der Waals surface area (Å²) in [6.45, 7) is 9.34. The summed E-state index contributed by atoms with van der Waals surface area (Å²) < 4.78 is 5.42. The summed E-state index contributed by atoms with van der Waals surface area (Å²) in [6, 6.07) is -0.327. The summed E-state index contributed by atoms with van der Waals surface area (Å²) >= 11 is 0. The maximum atomic E-state index is 12.2. The molecule has 0 aliphatic carbocycles. The van der Waals surface area contributed by atoms with Crippen molar-refractivity contribution in [1.82, 2.24) is 20.5 Å². The summed E-state index contributed by atoms with van der Waals surface area (Å²) in [4.78, 5) is 18.5.